The predicted molar refractivity (Wildman–Crippen MR) is 103 cm³/mol. The number of hydrogen-bond acceptors (Lipinski definition) is 5. The lowest BCUT2D eigenvalue weighted by molar-refractivity contribution is -0.116. The third kappa shape index (κ3) is 3.73. The van der Waals surface area contributed by atoms with Crippen LogP contribution in [0.1, 0.15) is 16.9 Å². The molecule has 1 aromatic carbocycles. The number of aromatic nitrogens is 5. The van der Waals surface area contributed by atoms with Crippen molar-refractivity contribution in [1.82, 2.24) is 30.0 Å². The lowest BCUT2D eigenvalue weighted by Crippen LogP contribution is -2.28. The zero-order valence-corrected chi connectivity index (χ0v) is 14.8. The third-order valence-electron chi connectivity index (χ3n) is 4.12. The number of benzene rings is 1. The van der Waals surface area contributed by atoms with Crippen LogP contribution in [0.5, 0.6) is 0 Å². The largest absolute Gasteiger partial charge is 0.350 e. The summed E-state index contributed by atoms with van der Waals surface area (Å²) in [5.41, 5.74) is 1.69. The highest BCUT2D eigenvalue weighted by atomic mass is 16.2. The van der Waals surface area contributed by atoms with Crippen molar-refractivity contribution in [3.05, 3.63) is 67.0 Å². The molecule has 0 bridgehead atoms. The van der Waals surface area contributed by atoms with E-state index in [1.165, 1.54) is 0 Å². The number of H-pyrrole nitrogens is 1. The number of anilines is 1. The monoisotopic (exact) mass is 375 g/mol. The average Bonchev–Trinajstić information content (AvgIpc) is 3.38. The Bertz CT molecular complexity index is 1100. The topological polar surface area (TPSA) is 118 Å². The number of amides is 2. The van der Waals surface area contributed by atoms with E-state index >= 15 is 0 Å². The number of pyridine rings is 1. The van der Waals surface area contributed by atoms with Gasteiger partial charge in [0.1, 0.15) is 12.1 Å². The van der Waals surface area contributed by atoms with Crippen molar-refractivity contribution in [3.8, 4) is 5.82 Å². The minimum absolute atomic E-state index is 0.136. The Kier molecular flexibility index (Phi) is 4.79. The summed E-state index contributed by atoms with van der Waals surface area (Å²) in [7, 11) is 0. The summed E-state index contributed by atoms with van der Waals surface area (Å²) >= 11 is 0. The van der Waals surface area contributed by atoms with Crippen LogP contribution in [0.2, 0.25) is 0 Å². The zero-order chi connectivity index (χ0) is 19.3. The van der Waals surface area contributed by atoms with Crippen molar-refractivity contribution >= 4 is 28.4 Å². The standard InChI is InChI=1S/C19H17N7O2/c27-17(23-13-5-6-16(22-11-13)26-10-9-20-12-26)7-8-21-19(28)18-14-3-1-2-4-15(14)24-25-18/h1-6,9-12H,7-8H2,(H,21,28)(H,23,27)(H,24,25). The van der Waals surface area contributed by atoms with E-state index in [9.17, 15) is 9.59 Å². The normalized spacial score (nSPS) is 10.7. The molecule has 0 aliphatic carbocycles. The molecule has 4 rings (SSSR count). The second-order valence-corrected chi connectivity index (χ2v) is 6.05. The Morgan fingerprint density at radius 1 is 1.14 bits per heavy atom. The molecule has 0 saturated heterocycles. The summed E-state index contributed by atoms with van der Waals surface area (Å²) in [6.45, 7) is 0.201. The number of carbonyl (C=O) groups excluding carboxylic acids is 2. The Morgan fingerprint density at radius 2 is 2.04 bits per heavy atom. The van der Waals surface area contributed by atoms with Gasteiger partial charge in [-0.05, 0) is 18.2 Å². The molecule has 9 heteroatoms. The van der Waals surface area contributed by atoms with Crippen molar-refractivity contribution < 1.29 is 9.59 Å². The van der Waals surface area contributed by atoms with Crippen LogP contribution in [0.25, 0.3) is 16.7 Å². The molecule has 0 saturated carbocycles. The van der Waals surface area contributed by atoms with Crippen molar-refractivity contribution in [2.24, 2.45) is 0 Å². The molecule has 0 aliphatic rings. The molecule has 0 unspecified atom stereocenters. The van der Waals surface area contributed by atoms with Gasteiger partial charge < -0.3 is 10.6 Å². The third-order valence-corrected chi connectivity index (χ3v) is 4.12. The van der Waals surface area contributed by atoms with Crippen LogP contribution in [0, 0.1) is 0 Å². The van der Waals surface area contributed by atoms with Gasteiger partial charge in [0.15, 0.2) is 5.69 Å². The van der Waals surface area contributed by atoms with E-state index in [2.05, 4.69) is 30.8 Å². The van der Waals surface area contributed by atoms with E-state index in [0.717, 1.165) is 10.9 Å². The van der Waals surface area contributed by atoms with Gasteiger partial charge in [0.2, 0.25) is 5.91 Å². The van der Waals surface area contributed by atoms with Gasteiger partial charge in [-0.25, -0.2) is 9.97 Å². The molecule has 4 aromatic rings. The molecule has 9 nitrogen and oxygen atoms in total. The van der Waals surface area contributed by atoms with Crippen molar-refractivity contribution in [1.29, 1.82) is 0 Å². The molecular weight excluding hydrogens is 358 g/mol. The Morgan fingerprint density at radius 3 is 2.82 bits per heavy atom. The van der Waals surface area contributed by atoms with Gasteiger partial charge in [-0.1, -0.05) is 18.2 Å². The quantitative estimate of drug-likeness (QED) is 0.476. The maximum absolute atomic E-state index is 12.3. The molecule has 0 radical (unpaired) electrons. The summed E-state index contributed by atoms with van der Waals surface area (Å²) < 4.78 is 1.76. The van der Waals surface area contributed by atoms with E-state index < -0.39 is 0 Å². The molecule has 28 heavy (non-hydrogen) atoms. The minimum atomic E-state index is -0.323. The smallest absolute Gasteiger partial charge is 0.272 e. The number of rotatable bonds is 6. The minimum Gasteiger partial charge on any atom is -0.350 e. The first-order valence-electron chi connectivity index (χ1n) is 8.66. The van der Waals surface area contributed by atoms with Crippen LogP contribution >= 0.6 is 0 Å². The van der Waals surface area contributed by atoms with Crippen LogP contribution in [-0.4, -0.2) is 43.1 Å². The highest BCUT2D eigenvalue weighted by Crippen LogP contribution is 2.14. The van der Waals surface area contributed by atoms with Crippen LogP contribution in [0.15, 0.2) is 61.3 Å². The first kappa shape index (κ1) is 17.4. The summed E-state index contributed by atoms with van der Waals surface area (Å²) in [4.78, 5) is 32.6. The average molecular weight is 375 g/mol. The SMILES string of the molecule is O=C(CCNC(=O)c1n[nH]c2ccccc12)Nc1ccc(-n2ccnc2)nc1. The fourth-order valence-electron chi connectivity index (χ4n) is 2.74. The van der Waals surface area contributed by atoms with Crippen molar-refractivity contribution in [2.75, 3.05) is 11.9 Å². The maximum Gasteiger partial charge on any atom is 0.272 e. The van der Waals surface area contributed by atoms with Crippen LogP contribution < -0.4 is 10.6 Å². The van der Waals surface area contributed by atoms with Crippen molar-refractivity contribution in [3.63, 3.8) is 0 Å². The highest BCUT2D eigenvalue weighted by molar-refractivity contribution is 6.04. The van der Waals surface area contributed by atoms with E-state index in [1.807, 2.05) is 24.3 Å². The summed E-state index contributed by atoms with van der Waals surface area (Å²) in [5, 5.41) is 13.1. The molecular formula is C19H17N7O2. The van der Waals surface area contributed by atoms with Crippen LogP contribution in [0.4, 0.5) is 5.69 Å². The van der Waals surface area contributed by atoms with E-state index in [0.29, 0.717) is 17.2 Å². The second kappa shape index (κ2) is 7.70. The number of nitrogens with zero attached hydrogens (tertiary/aromatic N) is 4. The fourth-order valence-corrected chi connectivity index (χ4v) is 2.74. The van der Waals surface area contributed by atoms with Crippen LogP contribution in [-0.2, 0) is 4.79 Å². The first-order valence-corrected chi connectivity index (χ1v) is 8.66. The number of fused-ring (bicyclic) bond motifs is 1. The van der Waals surface area contributed by atoms with E-state index in [4.69, 9.17) is 0 Å². The second-order valence-electron chi connectivity index (χ2n) is 6.05. The molecule has 0 spiro atoms. The Balaban J connectivity index is 1.28. The molecule has 3 heterocycles. The first-order chi connectivity index (χ1) is 13.7. The highest BCUT2D eigenvalue weighted by Gasteiger charge is 2.13. The van der Waals surface area contributed by atoms with E-state index in [1.54, 1.807) is 41.6 Å². The molecule has 0 atom stereocenters. The number of carbonyl (C=O) groups is 2. The van der Waals surface area contributed by atoms with Gasteiger partial charge in [0, 0.05) is 30.7 Å². The van der Waals surface area contributed by atoms with Gasteiger partial charge in [-0.2, -0.15) is 5.10 Å². The summed E-state index contributed by atoms with van der Waals surface area (Å²) in [6, 6.07) is 10.9. The van der Waals surface area contributed by atoms with Gasteiger partial charge in [0.25, 0.3) is 5.91 Å². The number of para-hydroxylation sites is 1. The summed E-state index contributed by atoms with van der Waals surface area (Å²) in [6.07, 6.45) is 6.80. The van der Waals surface area contributed by atoms with E-state index in [-0.39, 0.29) is 24.8 Å². The van der Waals surface area contributed by atoms with Crippen LogP contribution in [0.3, 0.4) is 0 Å². The van der Waals surface area contributed by atoms with Crippen molar-refractivity contribution in [2.45, 2.75) is 6.42 Å². The molecule has 3 aromatic heterocycles. The number of aromatic amines is 1. The predicted octanol–water partition coefficient (Wildman–Crippen LogP) is 1.90. The lowest BCUT2D eigenvalue weighted by atomic mass is 10.2. The number of nitrogens with one attached hydrogen (secondary N) is 3. The molecule has 3 N–H and O–H groups in total. The maximum atomic E-state index is 12.3. The Hall–Kier alpha value is -4.01. The molecule has 2 amide bonds. The Labute approximate surface area is 159 Å². The molecule has 0 aliphatic heterocycles. The van der Waals surface area contributed by atoms with Gasteiger partial charge in [0.05, 0.1) is 17.4 Å². The lowest BCUT2D eigenvalue weighted by Gasteiger charge is -2.07. The summed E-state index contributed by atoms with van der Waals surface area (Å²) in [5.74, 6) is 0.162. The fraction of sp³-hybridized carbons (Fsp3) is 0.105. The van der Waals surface area contributed by atoms with Gasteiger partial charge >= 0.3 is 0 Å². The van der Waals surface area contributed by atoms with Gasteiger partial charge in [-0.3, -0.25) is 19.3 Å². The number of imidazole rings is 1. The molecule has 140 valence electrons. The zero-order valence-electron chi connectivity index (χ0n) is 14.8. The van der Waals surface area contributed by atoms with Gasteiger partial charge in [-0.15, -0.1) is 0 Å². The number of hydrogen-bond donors (Lipinski definition) is 3. The molecule has 0 fully saturated rings.